The van der Waals surface area contributed by atoms with Crippen molar-refractivity contribution in [3.05, 3.63) is 70.8 Å². The topological polar surface area (TPSA) is 88.9 Å². The van der Waals surface area contributed by atoms with E-state index in [9.17, 15) is 26.3 Å². The van der Waals surface area contributed by atoms with Gasteiger partial charge < -0.3 is 15.9 Å². The van der Waals surface area contributed by atoms with Gasteiger partial charge in [0.05, 0.1) is 17.2 Å². The van der Waals surface area contributed by atoms with Crippen molar-refractivity contribution in [2.45, 2.75) is 84.9 Å². The van der Waals surface area contributed by atoms with E-state index in [1.807, 2.05) is 39.8 Å². The Labute approximate surface area is 241 Å². The number of nitrogens with two attached hydrogens (primary N) is 2. The maximum atomic E-state index is 12.5. The summed E-state index contributed by atoms with van der Waals surface area (Å²) in [6.45, 7) is 12.1. The van der Waals surface area contributed by atoms with Gasteiger partial charge in [0.15, 0.2) is 0 Å². The third-order valence-electron chi connectivity index (χ3n) is 5.75. The normalized spacial score (nSPS) is 17.5. The lowest BCUT2D eigenvalue weighted by Gasteiger charge is -2.33. The molecule has 6 nitrogen and oxygen atoms in total. The highest BCUT2D eigenvalue weighted by atomic mass is 19.4. The fourth-order valence-electron chi connectivity index (χ4n) is 3.51. The van der Waals surface area contributed by atoms with Crippen LogP contribution in [0.2, 0.25) is 0 Å². The first-order valence-electron chi connectivity index (χ1n) is 13.5. The number of hydrazine groups is 1. The van der Waals surface area contributed by atoms with Gasteiger partial charge in [0.25, 0.3) is 0 Å². The van der Waals surface area contributed by atoms with Gasteiger partial charge in [-0.25, -0.2) is 5.01 Å². The van der Waals surface area contributed by atoms with Crippen LogP contribution in [0.1, 0.15) is 88.8 Å². The van der Waals surface area contributed by atoms with E-state index < -0.39 is 29.6 Å². The third kappa shape index (κ3) is 15.8. The molecule has 2 aromatic carbocycles. The number of benzene rings is 2. The number of ether oxygens (including phenoxy) is 1. The minimum absolute atomic E-state index is 0.0892. The fraction of sp³-hybridized carbons (Fsp3) is 0.552. The zero-order valence-electron chi connectivity index (χ0n) is 25.3. The molecule has 0 saturated carbocycles. The first-order valence-corrected chi connectivity index (χ1v) is 13.5. The minimum atomic E-state index is -4.83. The third-order valence-corrected chi connectivity index (χ3v) is 5.75. The summed E-state index contributed by atoms with van der Waals surface area (Å²) < 4.78 is 79.7. The summed E-state index contributed by atoms with van der Waals surface area (Å²) in [7, 11) is 3.15. The summed E-state index contributed by atoms with van der Waals surface area (Å²) in [6, 6.07) is 13.0. The van der Waals surface area contributed by atoms with Crippen LogP contribution in [0.25, 0.3) is 0 Å². The van der Waals surface area contributed by atoms with Gasteiger partial charge in [0, 0.05) is 39.0 Å². The quantitative estimate of drug-likeness (QED) is 0.146. The molecular weight excluding hydrogens is 548 g/mol. The number of hydrogen-bond acceptors (Lipinski definition) is 6. The van der Waals surface area contributed by atoms with Crippen molar-refractivity contribution in [3.63, 3.8) is 0 Å². The number of nitrogens with one attached hydrogen (secondary N) is 1. The Hall–Kier alpha value is -2.67. The number of hydrazone groups is 1. The van der Waals surface area contributed by atoms with E-state index in [0.29, 0.717) is 24.2 Å². The maximum Gasteiger partial charge on any atom is 0.416 e. The van der Waals surface area contributed by atoms with E-state index in [0.717, 1.165) is 13.0 Å². The van der Waals surface area contributed by atoms with Crippen LogP contribution < -0.4 is 17.0 Å². The van der Waals surface area contributed by atoms with Crippen molar-refractivity contribution in [1.29, 1.82) is 0 Å². The van der Waals surface area contributed by atoms with Crippen molar-refractivity contribution >= 4 is 6.21 Å². The lowest BCUT2D eigenvalue weighted by molar-refractivity contribution is -0.143. The maximum absolute atomic E-state index is 12.5. The van der Waals surface area contributed by atoms with Crippen LogP contribution in [-0.4, -0.2) is 38.0 Å². The summed E-state index contributed by atoms with van der Waals surface area (Å²) in [6.07, 6.45) is -6.66. The second-order valence-electron chi connectivity index (χ2n) is 8.39. The average Bonchev–Trinajstić information content (AvgIpc) is 2.98. The van der Waals surface area contributed by atoms with Crippen LogP contribution in [0, 0.1) is 0 Å². The molecule has 12 heteroatoms. The predicted molar refractivity (Wildman–Crippen MR) is 155 cm³/mol. The molecule has 1 aliphatic heterocycles. The van der Waals surface area contributed by atoms with Gasteiger partial charge in [0.1, 0.15) is 0 Å². The molecule has 0 amide bonds. The zero-order chi connectivity index (χ0) is 32.2. The highest BCUT2D eigenvalue weighted by Gasteiger charge is 2.37. The van der Waals surface area contributed by atoms with E-state index in [-0.39, 0.29) is 11.6 Å². The van der Waals surface area contributed by atoms with E-state index in [2.05, 4.69) is 46.6 Å². The molecular formula is C29H47F6N5O. The van der Waals surface area contributed by atoms with Gasteiger partial charge in [-0.3, -0.25) is 5.84 Å². The Morgan fingerprint density at radius 2 is 1.41 bits per heavy atom. The number of likely N-dealkylation sites (N-methyl/N-ethyl adjacent to an activating group) is 1. The van der Waals surface area contributed by atoms with Gasteiger partial charge in [-0.05, 0) is 56.0 Å². The predicted octanol–water partition coefficient (Wildman–Crippen LogP) is 7.72. The second kappa shape index (κ2) is 21.1. The summed E-state index contributed by atoms with van der Waals surface area (Å²) in [4.78, 5) is 0. The Morgan fingerprint density at radius 1 is 0.951 bits per heavy atom. The standard InChI is InChI=1S/C12H19N3.C11H10F6O.C2H6N2.2C2H6/c1-15(13)11-7-8-12(14-9-11)10-5-3-2-4-6-10;1-6(18-2)7-3-8(10(12,13)14)5-9(4-7)11(15,16)17;1-2-4-3;2*1-2/h2-6,11-12,14H,7-9,13H2,1H3;3-6H,1-2H3;2H,3H2,1H3;2*1-2H3/b;;4-2+;;/t11-,12+;;;;/m1..../s1. The second-order valence-corrected chi connectivity index (χ2v) is 8.39. The molecule has 1 heterocycles. The van der Waals surface area contributed by atoms with Crippen molar-refractivity contribution in [3.8, 4) is 0 Å². The Balaban J connectivity index is 0. The minimum Gasteiger partial charge on any atom is -0.377 e. The number of piperidine rings is 1. The van der Waals surface area contributed by atoms with Gasteiger partial charge >= 0.3 is 12.4 Å². The summed E-state index contributed by atoms with van der Waals surface area (Å²) in [5, 5.41) is 8.47. The molecule has 1 aliphatic rings. The SMILES string of the molecule is C/C=N/N.CC.CC.CN(N)[C@@H]1CC[C@@H](c2ccccc2)NC1.COC(C)c1cc(C(F)(F)F)cc(C(F)(F)F)c1. The van der Waals surface area contributed by atoms with E-state index >= 15 is 0 Å². The van der Waals surface area contributed by atoms with Crippen LogP contribution in [0.5, 0.6) is 0 Å². The first kappa shape index (κ1) is 40.5. The number of nitrogens with zero attached hydrogens (tertiary/aromatic N) is 2. The van der Waals surface area contributed by atoms with Gasteiger partial charge in [0.2, 0.25) is 0 Å². The number of alkyl halides is 6. The molecule has 3 atom stereocenters. The molecule has 236 valence electrons. The van der Waals surface area contributed by atoms with Crippen LogP contribution in [0.15, 0.2) is 53.6 Å². The monoisotopic (exact) mass is 595 g/mol. The molecule has 0 radical (unpaired) electrons. The highest BCUT2D eigenvalue weighted by molar-refractivity contribution is 5.52. The molecule has 0 bridgehead atoms. The Bertz CT molecular complexity index is 909. The number of hydrogen-bond donors (Lipinski definition) is 3. The van der Waals surface area contributed by atoms with Crippen LogP contribution in [0.3, 0.4) is 0 Å². The molecule has 1 saturated heterocycles. The molecule has 1 unspecified atom stereocenters. The van der Waals surface area contributed by atoms with Crippen LogP contribution in [-0.2, 0) is 17.1 Å². The lowest BCUT2D eigenvalue weighted by atomic mass is 9.95. The number of halogens is 6. The summed E-state index contributed by atoms with van der Waals surface area (Å²) in [5.41, 5.74) is -1.46. The zero-order valence-corrected chi connectivity index (χ0v) is 25.3. The molecule has 3 rings (SSSR count). The molecule has 1 fully saturated rings. The Kier molecular flexibility index (Phi) is 20.8. The largest absolute Gasteiger partial charge is 0.416 e. The molecule has 0 aromatic heterocycles. The van der Waals surface area contributed by atoms with Crippen molar-refractivity contribution < 1.29 is 31.1 Å². The number of methoxy groups -OCH3 is 1. The van der Waals surface area contributed by atoms with E-state index in [1.54, 1.807) is 6.92 Å². The summed E-state index contributed by atoms with van der Waals surface area (Å²) >= 11 is 0. The van der Waals surface area contributed by atoms with Crippen LogP contribution >= 0.6 is 0 Å². The van der Waals surface area contributed by atoms with Crippen molar-refractivity contribution in [2.75, 3.05) is 20.7 Å². The lowest BCUT2D eigenvalue weighted by Crippen LogP contribution is -2.48. The number of rotatable bonds is 4. The van der Waals surface area contributed by atoms with E-state index in [4.69, 9.17) is 10.6 Å². The molecule has 0 aliphatic carbocycles. The molecule has 41 heavy (non-hydrogen) atoms. The van der Waals surface area contributed by atoms with Gasteiger partial charge in [-0.1, -0.05) is 58.0 Å². The van der Waals surface area contributed by atoms with Crippen LogP contribution in [0.4, 0.5) is 26.3 Å². The first-order chi connectivity index (χ1) is 19.2. The average molecular weight is 596 g/mol. The molecule has 5 N–H and O–H groups in total. The van der Waals surface area contributed by atoms with Crippen molar-refractivity contribution in [2.24, 2.45) is 16.8 Å². The Morgan fingerprint density at radius 3 is 1.73 bits per heavy atom. The highest BCUT2D eigenvalue weighted by Crippen LogP contribution is 2.37. The van der Waals surface area contributed by atoms with Gasteiger partial charge in [-0.15, -0.1) is 0 Å². The summed E-state index contributed by atoms with van der Waals surface area (Å²) in [5.74, 6) is 10.3. The molecule has 2 aromatic rings. The van der Waals surface area contributed by atoms with Gasteiger partial charge in [-0.2, -0.15) is 31.4 Å². The van der Waals surface area contributed by atoms with E-state index in [1.165, 1.54) is 32.2 Å². The fourth-order valence-corrected chi connectivity index (χ4v) is 3.51. The molecule has 0 spiro atoms. The van der Waals surface area contributed by atoms with Crippen molar-refractivity contribution in [1.82, 2.24) is 10.3 Å². The smallest absolute Gasteiger partial charge is 0.377 e.